The quantitative estimate of drug-likeness (QED) is 0.0680. The molecule has 0 bridgehead atoms. The first-order valence-corrected chi connectivity index (χ1v) is 3.96. The van der Waals surface area contributed by atoms with E-state index in [-0.39, 0.29) is 609 Å². The van der Waals surface area contributed by atoms with Gasteiger partial charge in [0.15, 0.2) is 0 Å². The summed E-state index contributed by atoms with van der Waals surface area (Å²) in [5.74, 6) is 0. The minimum Gasteiger partial charge on any atom is -1.00 e. The Bertz CT molecular complexity index is 413. The normalized spacial score (nSPS) is 3.91. The Balaban J connectivity index is -0.00000000128. The van der Waals surface area contributed by atoms with Crippen LogP contribution in [0.2, 0.25) is 0 Å². The molecule has 0 amide bonds. The number of hydrogen-bond donors (Lipinski definition) is 7. The van der Waals surface area contributed by atoms with E-state index >= 15 is 0 Å². The van der Waals surface area contributed by atoms with Gasteiger partial charge in [-0.15, -0.1) is 70.8 Å². The fourth-order valence-corrected chi connectivity index (χ4v) is 0. The summed E-state index contributed by atoms with van der Waals surface area (Å²) in [4.78, 5) is 58.5. The van der Waals surface area contributed by atoms with Gasteiger partial charge in [-0.05, 0) is 0 Å². The summed E-state index contributed by atoms with van der Waals surface area (Å²) in [6.07, 6.45) is 0. The maximum Gasteiger partial charge on any atom is 2.00 e. The second-order valence-electron chi connectivity index (χ2n) is 1.66. The molecule has 0 aromatic rings. The molecule has 43 heteroatoms. The third kappa shape index (κ3) is 888. The molecule has 0 aromatic carbocycles. The van der Waals surface area contributed by atoms with Crippen molar-refractivity contribution in [2.45, 2.75) is 0 Å². The van der Waals surface area contributed by atoms with Crippen molar-refractivity contribution in [1.29, 1.82) is 0 Å². The Morgan fingerprint density at radius 3 is 0.233 bits per heavy atom. The van der Waals surface area contributed by atoms with Crippen LogP contribution in [0.25, 0.3) is 0 Å². The van der Waals surface area contributed by atoms with Crippen LogP contribution in [0.5, 0.6) is 0 Å². The molecular formula is H37Ca15N7O21. The van der Waals surface area contributed by atoms with Crippen LogP contribution in [0.4, 0.5) is 0 Å². The molecule has 0 unspecified atom stereocenters. The van der Waals surface area contributed by atoms with Crippen LogP contribution in [0.15, 0.2) is 0 Å². The second-order valence-corrected chi connectivity index (χ2v) is 1.66. The minimum absolute atomic E-state index is 0. The van der Waals surface area contributed by atoms with Crippen LogP contribution in [0, 0.1) is 70.8 Å². The van der Waals surface area contributed by atoms with E-state index in [1.807, 2.05) is 0 Å². The van der Waals surface area contributed by atoms with Gasteiger partial charge in [0.1, 0.15) is 0 Å². The molecule has 0 spiro atoms. The van der Waals surface area contributed by atoms with E-state index in [4.69, 9.17) is 107 Å². The van der Waals surface area contributed by atoms with Gasteiger partial charge in [-0.25, -0.2) is 0 Å². The van der Waals surface area contributed by atoms with Gasteiger partial charge < -0.3 is 79.2 Å². The molecule has 0 saturated carbocycles. The topological polar surface area (TPSA) is 444 Å². The number of nitrogens with zero attached hydrogens (tertiary/aromatic N) is 7. The van der Waals surface area contributed by atoms with Crippen molar-refractivity contribution in [2.24, 2.45) is 0 Å². The van der Waals surface area contributed by atoms with E-state index in [0.29, 0.717) is 0 Å². The fourth-order valence-electron chi connectivity index (χ4n) is 0. The molecule has 0 aliphatic carbocycles. The Hall–Kier alpha value is 13.3. The molecule has 228 valence electrons. The summed E-state index contributed by atoms with van der Waals surface area (Å²) in [7, 11) is 0. The largest absolute Gasteiger partial charge is 2.00 e. The van der Waals surface area contributed by atoms with Crippen LogP contribution in [-0.4, -0.2) is 638 Å². The average molecular weight is 1070 g/mol. The third-order valence-corrected chi connectivity index (χ3v) is 0. The van der Waals surface area contributed by atoms with Crippen molar-refractivity contribution in [1.82, 2.24) is 0 Å². The predicted molar refractivity (Wildman–Crippen MR) is 181 cm³/mol. The molecule has 0 aliphatic heterocycles. The number of hydrogen-bond acceptors (Lipinski definition) is 14. The molecule has 0 saturated heterocycles. The number of rotatable bonds is 0. The molecular weight excluding hydrogens is 1040 g/mol. The summed E-state index contributed by atoms with van der Waals surface area (Å²) in [5, 5.41) is 95.5. The molecule has 43 heavy (non-hydrogen) atoms. The van der Waals surface area contributed by atoms with Crippen LogP contribution < -0.4 is 0 Å². The van der Waals surface area contributed by atoms with Gasteiger partial charge >= 0.3 is 566 Å². The van der Waals surface area contributed by atoms with Gasteiger partial charge in [0.05, 0.1) is 0 Å². The summed E-state index contributed by atoms with van der Waals surface area (Å²) in [6.45, 7) is 0. The Morgan fingerprint density at radius 2 is 0.233 bits per heavy atom. The smallest absolute Gasteiger partial charge is 1.00 e. The van der Waals surface area contributed by atoms with E-state index in [1.165, 1.54) is 0 Å². The first-order valence-electron chi connectivity index (χ1n) is 3.96. The van der Waals surface area contributed by atoms with Crippen molar-refractivity contribution < 1.29 is 115 Å². The summed E-state index contributed by atoms with van der Waals surface area (Å²) in [6, 6.07) is 0. The standard InChI is InChI=1S/15Ca.7HNO3.30H/c;;;;;;;;;;;;;;;7*2-1(3)4;;;;;;;;;;;;;;;;;;;;;;;;;;;;;;/h;;;;;;;;;;;;;;;7*(H,2,3,4);;;;;;;;;;;;;;;;;;;;;;;;;;;;;;/q15*+2;;;;;;;;30*-1. The molecule has 0 atom stereocenters. The van der Waals surface area contributed by atoms with Crippen molar-refractivity contribution in [3.05, 3.63) is 70.8 Å². The van der Waals surface area contributed by atoms with E-state index < -0.39 is 35.6 Å². The van der Waals surface area contributed by atoms with Crippen molar-refractivity contribution in [2.75, 3.05) is 0 Å². The third-order valence-electron chi connectivity index (χ3n) is 0. The van der Waals surface area contributed by atoms with Gasteiger partial charge in [0.25, 0.3) is 35.6 Å². The van der Waals surface area contributed by atoms with Crippen molar-refractivity contribution in [3.63, 3.8) is 0 Å². The summed E-state index contributed by atoms with van der Waals surface area (Å²) >= 11 is 0. The SMILES string of the molecule is O=[N+]([O-])O.O=[N+]([O-])O.O=[N+]([O-])O.O=[N+]([O-])O.O=[N+]([O-])O.O=[N+]([O-])O.O=[N+]([O-])O.[Ca+2].[Ca+2].[Ca+2].[Ca+2].[Ca+2].[Ca+2].[Ca+2].[Ca+2].[Ca+2].[Ca+2].[Ca+2].[Ca+2].[Ca+2].[Ca+2].[Ca+2].[H-].[H-].[H-].[H-].[H-].[H-].[H-].[H-].[H-].[H-].[H-].[H-].[H-].[H-].[H-].[H-].[H-].[H-].[H-].[H-].[H-].[H-].[H-].[H-].[H-].[H-].[H-].[H-].[H-].[H-]. The van der Waals surface area contributed by atoms with E-state index in [9.17, 15) is 0 Å². The maximum atomic E-state index is 8.36. The first-order chi connectivity index (χ1) is 12.1. The second kappa shape index (κ2) is 139. The molecule has 0 rings (SSSR count). The van der Waals surface area contributed by atoms with Gasteiger partial charge in [0.2, 0.25) is 0 Å². The van der Waals surface area contributed by atoms with Crippen molar-refractivity contribution in [3.8, 4) is 0 Å². The molecule has 28 nitrogen and oxygen atoms in total. The molecule has 0 heterocycles. The van der Waals surface area contributed by atoms with Crippen LogP contribution in [0.1, 0.15) is 42.8 Å². The van der Waals surface area contributed by atoms with E-state index in [2.05, 4.69) is 0 Å². The molecule has 0 aromatic heterocycles. The minimum atomic E-state index is -1.50. The predicted octanol–water partition coefficient (Wildman–Crippen LogP) is -4.77. The zero-order valence-corrected chi connectivity index (χ0v) is 55.7. The van der Waals surface area contributed by atoms with Gasteiger partial charge in [0, 0.05) is 0 Å². The van der Waals surface area contributed by atoms with Crippen LogP contribution >= 0.6 is 0 Å². The summed E-state index contributed by atoms with van der Waals surface area (Å²) < 4.78 is 0. The maximum absolute atomic E-state index is 8.36. The van der Waals surface area contributed by atoms with Gasteiger partial charge in [-0.3, -0.25) is 0 Å². The van der Waals surface area contributed by atoms with E-state index in [0.717, 1.165) is 0 Å². The Labute approximate surface area is 730 Å². The molecule has 0 fully saturated rings. The molecule has 0 aliphatic rings. The van der Waals surface area contributed by atoms with Crippen LogP contribution in [0.3, 0.4) is 0 Å². The first kappa shape index (κ1) is 146. The molecule has 0 radical (unpaired) electrons. The monoisotopic (exact) mass is 1070 g/mol. The zero-order chi connectivity index (χ0) is 25.0. The Kier molecular flexibility index (Phi) is 472. The van der Waals surface area contributed by atoms with Gasteiger partial charge in [-0.2, -0.15) is 0 Å². The van der Waals surface area contributed by atoms with E-state index in [1.54, 1.807) is 0 Å². The van der Waals surface area contributed by atoms with Gasteiger partial charge in [-0.1, -0.05) is 0 Å². The zero-order valence-electron chi connectivity index (χ0n) is 52.6. The Morgan fingerprint density at radius 1 is 0.233 bits per heavy atom. The van der Waals surface area contributed by atoms with Crippen molar-refractivity contribution >= 4 is 566 Å². The van der Waals surface area contributed by atoms with Crippen LogP contribution in [-0.2, 0) is 0 Å². The average Bonchev–Trinajstić information content (AvgIpc) is 2.20. The summed E-state index contributed by atoms with van der Waals surface area (Å²) in [5.41, 5.74) is 0. The molecule has 7 N–H and O–H groups in total. The fraction of sp³-hybridized carbons (Fsp3) is 0.